The van der Waals surface area contributed by atoms with E-state index in [9.17, 15) is 14.4 Å². The molecule has 4 aromatic rings. The van der Waals surface area contributed by atoms with Gasteiger partial charge in [-0.1, -0.05) is 72.8 Å². The number of nitrogens with zero attached hydrogens (tertiary/aromatic N) is 2. The van der Waals surface area contributed by atoms with Crippen molar-refractivity contribution >= 4 is 34.4 Å². The monoisotopic (exact) mass is 499 g/mol. The van der Waals surface area contributed by atoms with Crippen molar-refractivity contribution in [2.24, 2.45) is 0 Å². The Morgan fingerprint density at radius 2 is 1.78 bits per heavy atom. The van der Waals surface area contributed by atoms with Gasteiger partial charge in [-0.25, -0.2) is 4.98 Å². The van der Waals surface area contributed by atoms with Crippen LogP contribution in [-0.4, -0.2) is 33.5 Å². The van der Waals surface area contributed by atoms with Crippen LogP contribution in [0.5, 0.6) is 0 Å². The second kappa shape index (κ2) is 11.4. The number of nitrogens with one attached hydrogen (secondary N) is 1. The topological polar surface area (TPSA) is 81.1 Å². The minimum Gasteiger partial charge on any atom is -0.352 e. The van der Waals surface area contributed by atoms with Gasteiger partial charge in [0.05, 0.1) is 23.2 Å². The van der Waals surface area contributed by atoms with Gasteiger partial charge in [0.1, 0.15) is 0 Å². The normalized spacial score (nSPS) is 11.0. The number of aromatic nitrogens is 2. The van der Waals surface area contributed by atoms with Gasteiger partial charge in [-0.2, -0.15) is 0 Å². The molecule has 1 N–H and O–H groups in total. The van der Waals surface area contributed by atoms with E-state index in [0.29, 0.717) is 40.3 Å². The molecule has 6 nitrogen and oxygen atoms in total. The third kappa shape index (κ3) is 5.74. The first-order chi connectivity index (χ1) is 17.4. The van der Waals surface area contributed by atoms with Crippen LogP contribution in [0.25, 0.3) is 10.9 Å². The number of ketones is 1. The molecule has 1 aromatic heterocycles. The summed E-state index contributed by atoms with van der Waals surface area (Å²) in [6.45, 7) is 6.82. The number of fused-ring (bicyclic) bond motifs is 1. The van der Waals surface area contributed by atoms with Crippen LogP contribution in [0.2, 0.25) is 0 Å². The predicted octanol–water partition coefficient (Wildman–Crippen LogP) is 5.18. The number of carbonyl (C=O) groups is 2. The molecule has 7 heteroatoms. The minimum atomic E-state index is -0.203. The Balaban J connectivity index is 1.72. The minimum absolute atomic E-state index is 0.0224. The maximum atomic E-state index is 13.5. The summed E-state index contributed by atoms with van der Waals surface area (Å²) in [4.78, 5) is 43.8. The maximum Gasteiger partial charge on any atom is 0.262 e. The molecule has 0 bridgehead atoms. The highest BCUT2D eigenvalue weighted by Crippen LogP contribution is 2.22. The molecule has 1 amide bonds. The van der Waals surface area contributed by atoms with E-state index < -0.39 is 0 Å². The summed E-state index contributed by atoms with van der Waals surface area (Å²) in [5.74, 6) is -0.0770. The third-order valence-electron chi connectivity index (χ3n) is 5.92. The summed E-state index contributed by atoms with van der Waals surface area (Å²) in [5.41, 5.74) is 4.34. The van der Waals surface area contributed by atoms with Gasteiger partial charge in [-0.15, -0.1) is 0 Å². The van der Waals surface area contributed by atoms with Crippen LogP contribution >= 0.6 is 11.8 Å². The number of thioether (sulfide) groups is 1. The lowest BCUT2D eigenvalue weighted by Gasteiger charge is -2.14. The van der Waals surface area contributed by atoms with E-state index in [-0.39, 0.29) is 23.0 Å². The second-order valence-electron chi connectivity index (χ2n) is 8.79. The number of carbonyl (C=O) groups excluding carboxylic acids is 2. The van der Waals surface area contributed by atoms with Crippen LogP contribution in [0.3, 0.4) is 0 Å². The Kier molecular flexibility index (Phi) is 8.00. The highest BCUT2D eigenvalue weighted by molar-refractivity contribution is 7.99. The number of amides is 1. The Morgan fingerprint density at radius 3 is 2.50 bits per heavy atom. The van der Waals surface area contributed by atoms with E-state index in [1.807, 2.05) is 69.3 Å². The quantitative estimate of drug-likeness (QED) is 0.195. The van der Waals surface area contributed by atoms with Gasteiger partial charge in [0.2, 0.25) is 0 Å². The fourth-order valence-corrected chi connectivity index (χ4v) is 4.91. The highest BCUT2D eigenvalue weighted by Gasteiger charge is 2.17. The van der Waals surface area contributed by atoms with Crippen molar-refractivity contribution in [2.45, 2.75) is 38.9 Å². The summed E-state index contributed by atoms with van der Waals surface area (Å²) in [6, 6.07) is 20.4. The van der Waals surface area contributed by atoms with Crippen LogP contribution in [0.1, 0.15) is 50.8 Å². The molecule has 0 aliphatic carbocycles. The molecule has 0 radical (unpaired) electrons. The lowest BCUT2D eigenvalue weighted by Crippen LogP contribution is -2.26. The van der Waals surface area contributed by atoms with Gasteiger partial charge in [0.25, 0.3) is 11.5 Å². The molecule has 184 valence electrons. The standard InChI is InChI=1S/C29H29N3O3S/c1-4-14-30-27(34)22-11-13-24-25(16-22)31-29(32(28(24)35)17-21-8-6-5-7-9-21)36-18-26(33)23-12-10-19(2)15-20(23)3/h5-13,15-16H,4,14,17-18H2,1-3H3,(H,30,34). The second-order valence-corrected chi connectivity index (χ2v) is 9.73. The molecule has 3 aromatic carbocycles. The first-order valence-electron chi connectivity index (χ1n) is 12.0. The Morgan fingerprint density at radius 1 is 1.00 bits per heavy atom. The van der Waals surface area contributed by atoms with Crippen LogP contribution in [0, 0.1) is 13.8 Å². The van der Waals surface area contributed by atoms with Crippen LogP contribution in [0.4, 0.5) is 0 Å². The average molecular weight is 500 g/mol. The van der Waals surface area contributed by atoms with Gasteiger partial charge in [-0.05, 0) is 49.6 Å². The maximum absolute atomic E-state index is 13.5. The first-order valence-corrected chi connectivity index (χ1v) is 13.0. The number of aryl methyl sites for hydroxylation is 2. The van der Waals surface area contributed by atoms with Gasteiger partial charge in [0, 0.05) is 17.7 Å². The van der Waals surface area contributed by atoms with E-state index in [4.69, 9.17) is 4.98 Å². The molecule has 0 aliphatic rings. The van der Waals surface area contributed by atoms with Crippen molar-refractivity contribution in [1.29, 1.82) is 0 Å². The Hall–Kier alpha value is -3.71. The molecule has 0 saturated carbocycles. The van der Waals surface area contributed by atoms with E-state index in [0.717, 1.165) is 23.1 Å². The lowest BCUT2D eigenvalue weighted by atomic mass is 10.0. The van der Waals surface area contributed by atoms with E-state index in [1.54, 1.807) is 22.8 Å². The summed E-state index contributed by atoms with van der Waals surface area (Å²) >= 11 is 1.24. The SMILES string of the molecule is CCCNC(=O)c1ccc2c(=O)n(Cc3ccccc3)c(SCC(=O)c3ccc(C)cc3C)nc2c1. The molecule has 0 fully saturated rings. The van der Waals surface area contributed by atoms with Gasteiger partial charge >= 0.3 is 0 Å². The van der Waals surface area contributed by atoms with Gasteiger partial charge in [-0.3, -0.25) is 19.0 Å². The molecule has 0 atom stereocenters. The van der Waals surface area contributed by atoms with Crippen molar-refractivity contribution in [1.82, 2.24) is 14.9 Å². The number of hydrogen-bond donors (Lipinski definition) is 1. The third-order valence-corrected chi connectivity index (χ3v) is 6.89. The largest absolute Gasteiger partial charge is 0.352 e. The summed E-state index contributed by atoms with van der Waals surface area (Å²) in [6.07, 6.45) is 0.830. The molecule has 0 saturated heterocycles. The number of rotatable bonds is 9. The van der Waals surface area contributed by atoms with Gasteiger partial charge in [0.15, 0.2) is 10.9 Å². The fourth-order valence-electron chi connectivity index (χ4n) is 4.03. The van der Waals surface area contributed by atoms with Crippen molar-refractivity contribution in [3.05, 3.63) is 105 Å². The summed E-state index contributed by atoms with van der Waals surface area (Å²) in [5, 5.41) is 3.73. The predicted molar refractivity (Wildman–Crippen MR) is 145 cm³/mol. The Bertz CT molecular complexity index is 1480. The molecule has 0 aliphatic heterocycles. The number of hydrogen-bond acceptors (Lipinski definition) is 5. The number of Topliss-reactive ketones (excluding diaryl/α,β-unsaturated/α-hetero) is 1. The lowest BCUT2D eigenvalue weighted by molar-refractivity contribution is 0.0952. The molecule has 36 heavy (non-hydrogen) atoms. The zero-order chi connectivity index (χ0) is 25.7. The van der Waals surface area contributed by atoms with Crippen molar-refractivity contribution in [3.8, 4) is 0 Å². The zero-order valence-electron chi connectivity index (χ0n) is 20.7. The number of benzene rings is 3. The molecular formula is C29H29N3O3S. The fraction of sp³-hybridized carbons (Fsp3) is 0.241. The molecular weight excluding hydrogens is 470 g/mol. The van der Waals surface area contributed by atoms with Crippen molar-refractivity contribution < 1.29 is 9.59 Å². The van der Waals surface area contributed by atoms with E-state index >= 15 is 0 Å². The van der Waals surface area contributed by atoms with Crippen LogP contribution < -0.4 is 10.9 Å². The van der Waals surface area contributed by atoms with Crippen LogP contribution in [0.15, 0.2) is 76.7 Å². The molecule has 4 rings (SSSR count). The first kappa shape index (κ1) is 25.4. The van der Waals surface area contributed by atoms with Gasteiger partial charge < -0.3 is 5.32 Å². The van der Waals surface area contributed by atoms with E-state index in [1.165, 1.54) is 11.8 Å². The van der Waals surface area contributed by atoms with Crippen molar-refractivity contribution in [3.63, 3.8) is 0 Å². The summed E-state index contributed by atoms with van der Waals surface area (Å²) < 4.78 is 1.61. The average Bonchev–Trinajstić information content (AvgIpc) is 2.88. The summed E-state index contributed by atoms with van der Waals surface area (Å²) in [7, 11) is 0. The smallest absolute Gasteiger partial charge is 0.262 e. The van der Waals surface area contributed by atoms with Crippen LogP contribution in [-0.2, 0) is 6.54 Å². The van der Waals surface area contributed by atoms with Crippen molar-refractivity contribution in [2.75, 3.05) is 12.3 Å². The molecule has 0 spiro atoms. The Labute approximate surface area is 214 Å². The van der Waals surface area contributed by atoms with E-state index in [2.05, 4.69) is 5.32 Å². The molecule has 0 unspecified atom stereocenters. The highest BCUT2D eigenvalue weighted by atomic mass is 32.2. The molecule has 1 heterocycles. The zero-order valence-corrected chi connectivity index (χ0v) is 21.5.